The quantitative estimate of drug-likeness (QED) is 0.437. The van der Waals surface area contributed by atoms with E-state index in [4.69, 9.17) is 21.1 Å². The number of carbonyl (C=O) groups is 2. The molecular formula is C27H29ClFNO4S. The van der Waals surface area contributed by atoms with Gasteiger partial charge in [-0.1, -0.05) is 25.4 Å². The number of carbonyl (C=O) groups excluding carboxylic acids is 2. The zero-order chi connectivity index (χ0) is 25.5. The molecule has 35 heavy (non-hydrogen) atoms. The fourth-order valence-electron chi connectivity index (χ4n) is 4.78. The number of Topliss-reactive ketones (excluding diaryl/α,β-unsaturated/α-hetero) is 1. The van der Waals surface area contributed by atoms with Gasteiger partial charge in [0.05, 0.1) is 23.1 Å². The summed E-state index contributed by atoms with van der Waals surface area (Å²) in [6, 6.07) is 5.99. The van der Waals surface area contributed by atoms with Gasteiger partial charge in [0.25, 0.3) is 0 Å². The molecule has 0 amide bonds. The average molecular weight is 518 g/mol. The Kier molecular flexibility index (Phi) is 7.11. The van der Waals surface area contributed by atoms with Crippen LogP contribution in [0.4, 0.5) is 4.39 Å². The van der Waals surface area contributed by atoms with E-state index in [9.17, 15) is 14.0 Å². The minimum Gasteiger partial charge on any atom is -0.487 e. The van der Waals surface area contributed by atoms with Crippen LogP contribution < -0.4 is 10.1 Å². The molecule has 2 aliphatic rings. The predicted molar refractivity (Wildman–Crippen MR) is 135 cm³/mol. The molecule has 0 bridgehead atoms. The summed E-state index contributed by atoms with van der Waals surface area (Å²) >= 11 is 7.64. The molecule has 0 fully saturated rings. The molecular weight excluding hydrogens is 489 g/mol. The van der Waals surface area contributed by atoms with Crippen LogP contribution in [-0.2, 0) is 20.9 Å². The number of halogens is 2. The Hall–Kier alpha value is -2.64. The Morgan fingerprint density at radius 1 is 1.26 bits per heavy atom. The highest BCUT2D eigenvalue weighted by molar-refractivity contribution is 7.12. The first-order chi connectivity index (χ1) is 16.5. The van der Waals surface area contributed by atoms with Crippen molar-refractivity contribution in [1.29, 1.82) is 0 Å². The summed E-state index contributed by atoms with van der Waals surface area (Å²) in [4.78, 5) is 28.3. The summed E-state index contributed by atoms with van der Waals surface area (Å²) in [5.41, 5.74) is 3.45. The molecule has 5 nitrogen and oxygen atoms in total. The molecule has 1 atom stereocenters. The fourth-order valence-corrected chi connectivity index (χ4v) is 6.16. The summed E-state index contributed by atoms with van der Waals surface area (Å²) in [6.45, 7) is 10.2. The molecule has 8 heteroatoms. The van der Waals surface area contributed by atoms with Crippen LogP contribution in [0.15, 0.2) is 46.8 Å². The monoisotopic (exact) mass is 517 g/mol. The Balaban J connectivity index is 1.73. The molecule has 186 valence electrons. The number of thiophene rings is 1. The van der Waals surface area contributed by atoms with E-state index in [-0.39, 0.29) is 29.4 Å². The Labute approximate surface area is 214 Å². The van der Waals surface area contributed by atoms with Gasteiger partial charge in [-0.05, 0) is 56.9 Å². The topological polar surface area (TPSA) is 64.6 Å². The summed E-state index contributed by atoms with van der Waals surface area (Å²) in [5, 5.41) is 3.54. The van der Waals surface area contributed by atoms with Crippen LogP contribution in [0.3, 0.4) is 0 Å². The van der Waals surface area contributed by atoms with Crippen LogP contribution in [0.2, 0.25) is 5.02 Å². The first-order valence-electron chi connectivity index (χ1n) is 11.6. The number of hydrogen-bond acceptors (Lipinski definition) is 6. The van der Waals surface area contributed by atoms with Crippen molar-refractivity contribution in [2.45, 2.75) is 60.0 Å². The summed E-state index contributed by atoms with van der Waals surface area (Å²) in [7, 11) is 0. The normalized spacial score (nSPS) is 19.4. The van der Waals surface area contributed by atoms with Crippen LogP contribution in [-0.4, -0.2) is 18.4 Å². The second-order valence-corrected chi connectivity index (χ2v) is 11.4. The van der Waals surface area contributed by atoms with Gasteiger partial charge in [0, 0.05) is 38.7 Å². The van der Waals surface area contributed by atoms with Crippen LogP contribution >= 0.6 is 22.9 Å². The van der Waals surface area contributed by atoms with Gasteiger partial charge >= 0.3 is 5.97 Å². The highest BCUT2D eigenvalue weighted by atomic mass is 35.5. The van der Waals surface area contributed by atoms with E-state index in [0.717, 1.165) is 27.4 Å². The summed E-state index contributed by atoms with van der Waals surface area (Å²) in [6.07, 6.45) is 1.14. The lowest BCUT2D eigenvalue weighted by molar-refractivity contribution is -0.138. The van der Waals surface area contributed by atoms with Crippen molar-refractivity contribution in [2.75, 3.05) is 6.61 Å². The van der Waals surface area contributed by atoms with Gasteiger partial charge < -0.3 is 14.8 Å². The molecule has 2 heterocycles. The molecule has 2 aromatic rings. The van der Waals surface area contributed by atoms with Gasteiger partial charge in [-0.2, -0.15) is 0 Å². The Bertz CT molecular complexity index is 1260. The van der Waals surface area contributed by atoms with E-state index >= 15 is 0 Å². The van der Waals surface area contributed by atoms with Crippen molar-refractivity contribution in [1.82, 2.24) is 5.32 Å². The molecule has 1 aliphatic heterocycles. The number of ether oxygens (including phenoxy) is 2. The number of benzene rings is 1. The van der Waals surface area contributed by atoms with E-state index < -0.39 is 17.7 Å². The Morgan fingerprint density at radius 2 is 2.00 bits per heavy atom. The molecule has 1 aromatic carbocycles. The van der Waals surface area contributed by atoms with Gasteiger partial charge in [0.15, 0.2) is 5.78 Å². The molecule has 0 saturated heterocycles. The van der Waals surface area contributed by atoms with Crippen molar-refractivity contribution < 1.29 is 23.5 Å². The molecule has 1 aliphatic carbocycles. The lowest BCUT2D eigenvalue weighted by atomic mass is 9.70. The van der Waals surface area contributed by atoms with E-state index in [0.29, 0.717) is 29.0 Å². The maximum absolute atomic E-state index is 13.4. The molecule has 0 unspecified atom stereocenters. The molecule has 0 radical (unpaired) electrons. The highest BCUT2D eigenvalue weighted by Crippen LogP contribution is 2.48. The van der Waals surface area contributed by atoms with E-state index in [1.807, 2.05) is 19.9 Å². The van der Waals surface area contributed by atoms with Crippen molar-refractivity contribution in [3.8, 4) is 5.75 Å². The van der Waals surface area contributed by atoms with Crippen LogP contribution in [0.5, 0.6) is 5.75 Å². The second-order valence-electron chi connectivity index (χ2n) is 9.74. The number of rotatable bonds is 6. The van der Waals surface area contributed by atoms with Gasteiger partial charge in [-0.3, -0.25) is 4.79 Å². The van der Waals surface area contributed by atoms with E-state index in [2.05, 4.69) is 19.2 Å². The maximum atomic E-state index is 13.4. The van der Waals surface area contributed by atoms with Crippen LogP contribution in [0.25, 0.3) is 0 Å². The number of aryl methyl sites for hydroxylation is 1. The van der Waals surface area contributed by atoms with Crippen molar-refractivity contribution >= 4 is 34.7 Å². The van der Waals surface area contributed by atoms with Crippen LogP contribution in [0.1, 0.15) is 61.8 Å². The molecule has 1 N–H and O–H groups in total. The van der Waals surface area contributed by atoms with Gasteiger partial charge in [0.2, 0.25) is 0 Å². The maximum Gasteiger partial charge on any atom is 0.336 e. The zero-order valence-corrected chi connectivity index (χ0v) is 22.1. The molecule has 1 aromatic heterocycles. The highest BCUT2D eigenvalue weighted by Gasteiger charge is 2.43. The van der Waals surface area contributed by atoms with Crippen LogP contribution in [0, 0.1) is 18.2 Å². The lowest BCUT2D eigenvalue weighted by Crippen LogP contribution is -2.38. The number of dihydropyridines is 1. The smallest absolute Gasteiger partial charge is 0.336 e. The molecule has 0 spiro atoms. The SMILES string of the molecule is CCOC(=O)C1=C(C)NC2=C(C(=O)CC(C)(C)C2)[C@@H]1c1cc(COc2ccc(F)cc2Cl)c(C)s1. The summed E-state index contributed by atoms with van der Waals surface area (Å²) in [5.74, 6) is -0.917. The third-order valence-corrected chi connectivity index (χ3v) is 7.79. The standard InChI is InChI=1S/C27H29ClFNO4S/c1-6-33-26(32)23-14(2)30-19-11-27(4,5)12-20(31)24(19)25(23)22-9-16(15(3)35-22)13-34-21-8-7-17(29)10-18(21)28/h7-10,25,30H,6,11-13H2,1-5H3/t25-/m1/s1. The second kappa shape index (κ2) is 9.78. The van der Waals surface area contributed by atoms with Crippen molar-refractivity contribution in [2.24, 2.45) is 5.41 Å². The summed E-state index contributed by atoms with van der Waals surface area (Å²) < 4.78 is 24.6. The number of esters is 1. The number of allylic oxidation sites excluding steroid dienone is 3. The van der Waals surface area contributed by atoms with Crippen molar-refractivity contribution in [3.63, 3.8) is 0 Å². The van der Waals surface area contributed by atoms with Crippen molar-refractivity contribution in [3.05, 3.63) is 73.0 Å². The first kappa shape index (κ1) is 25.5. The number of nitrogens with one attached hydrogen (secondary N) is 1. The Morgan fingerprint density at radius 3 is 2.69 bits per heavy atom. The zero-order valence-electron chi connectivity index (χ0n) is 20.5. The van der Waals surface area contributed by atoms with E-state index in [1.54, 1.807) is 6.92 Å². The van der Waals surface area contributed by atoms with Gasteiger partial charge in [-0.15, -0.1) is 11.3 Å². The number of hydrogen-bond donors (Lipinski definition) is 1. The molecule has 4 rings (SSSR count). The largest absolute Gasteiger partial charge is 0.487 e. The number of ketones is 1. The lowest BCUT2D eigenvalue weighted by Gasteiger charge is -2.39. The fraction of sp³-hybridized carbons (Fsp3) is 0.407. The minimum atomic E-state index is -0.499. The minimum absolute atomic E-state index is 0.0463. The predicted octanol–water partition coefficient (Wildman–Crippen LogP) is 6.60. The van der Waals surface area contributed by atoms with Gasteiger partial charge in [-0.25, -0.2) is 9.18 Å². The third kappa shape index (κ3) is 5.16. The molecule has 0 saturated carbocycles. The van der Waals surface area contributed by atoms with Gasteiger partial charge in [0.1, 0.15) is 18.2 Å². The van der Waals surface area contributed by atoms with E-state index in [1.165, 1.54) is 29.5 Å². The average Bonchev–Trinajstić information content (AvgIpc) is 3.11. The first-order valence-corrected chi connectivity index (χ1v) is 12.8. The third-order valence-electron chi connectivity index (χ3n) is 6.34.